The molecule has 2 aromatic carbocycles. The summed E-state index contributed by atoms with van der Waals surface area (Å²) in [6.07, 6.45) is 0.0176. The minimum absolute atomic E-state index is 0.00970. The third-order valence-corrected chi connectivity index (χ3v) is 9.09. The Morgan fingerprint density at radius 2 is 1.71 bits per heavy atom. The number of thiocarbonyl (C=S) groups is 1. The minimum atomic E-state index is -0.625. The Bertz CT molecular complexity index is 1610. The van der Waals surface area contributed by atoms with E-state index >= 15 is 0 Å². The zero-order valence-electron chi connectivity index (χ0n) is 25.9. The largest absolute Gasteiger partial charge is 0.465 e. The standard InChI is InChI=1S/C32H36N4O6S3/c1-18(37)20-10-12-21(13-11-20)33-30(43)34-22-8-7-9-23(16-22)44-19(2)27(38)35-28-26(29(39)41-6)24-14-15-36(17-25(24)45-28)31(40)42-32(3,4)5/h7-13,16,19H,14-15,17H2,1-6H3,(H,35,38)(H2,33,34,43). The number of benzene rings is 2. The number of ether oxygens (including phenoxy) is 2. The molecule has 0 saturated carbocycles. The van der Waals surface area contributed by atoms with Gasteiger partial charge in [0.25, 0.3) is 0 Å². The summed E-state index contributed by atoms with van der Waals surface area (Å²) >= 11 is 8.07. The number of carbonyl (C=O) groups is 4. The van der Waals surface area contributed by atoms with E-state index in [1.54, 1.807) is 36.1 Å². The molecule has 2 amide bonds. The highest BCUT2D eigenvalue weighted by Gasteiger charge is 2.33. The number of Topliss-reactive ketones (excluding diaryl/α,β-unsaturated/α-hetero) is 1. The molecule has 10 nitrogen and oxygen atoms in total. The summed E-state index contributed by atoms with van der Waals surface area (Å²) in [5.41, 5.74) is 2.58. The Balaban J connectivity index is 1.40. The maximum atomic E-state index is 13.3. The van der Waals surface area contributed by atoms with Gasteiger partial charge in [-0.2, -0.15) is 0 Å². The Labute approximate surface area is 276 Å². The van der Waals surface area contributed by atoms with E-state index in [1.165, 1.54) is 37.1 Å². The van der Waals surface area contributed by atoms with Crippen molar-refractivity contribution in [3.05, 3.63) is 70.1 Å². The van der Waals surface area contributed by atoms with Crippen molar-refractivity contribution < 1.29 is 28.7 Å². The number of thiophene rings is 1. The SMILES string of the molecule is COC(=O)c1c(NC(=O)C(C)Sc2cccc(NC(=S)Nc3ccc(C(C)=O)cc3)c2)sc2c1CCN(C(=O)OC(C)(C)C)C2. The Hall–Kier alpha value is -3.94. The lowest BCUT2D eigenvalue weighted by molar-refractivity contribution is -0.115. The summed E-state index contributed by atoms with van der Waals surface area (Å²) in [4.78, 5) is 53.5. The smallest absolute Gasteiger partial charge is 0.410 e. The van der Waals surface area contributed by atoms with Gasteiger partial charge in [0, 0.05) is 33.3 Å². The summed E-state index contributed by atoms with van der Waals surface area (Å²) in [5.74, 6) is -0.825. The van der Waals surface area contributed by atoms with Crippen LogP contribution in [0.3, 0.4) is 0 Å². The molecule has 1 aromatic heterocycles. The van der Waals surface area contributed by atoms with Gasteiger partial charge >= 0.3 is 12.1 Å². The topological polar surface area (TPSA) is 126 Å². The van der Waals surface area contributed by atoms with Crippen LogP contribution in [0.4, 0.5) is 21.2 Å². The minimum Gasteiger partial charge on any atom is -0.465 e. The number of anilines is 3. The number of amides is 2. The first-order valence-corrected chi connectivity index (χ1v) is 16.3. The first-order chi connectivity index (χ1) is 21.2. The molecule has 1 aliphatic heterocycles. The molecular weight excluding hydrogens is 633 g/mol. The van der Waals surface area contributed by atoms with Gasteiger partial charge in [-0.05, 0) is 101 Å². The van der Waals surface area contributed by atoms with E-state index in [9.17, 15) is 19.2 Å². The first kappa shape index (κ1) is 33.9. The number of nitrogens with one attached hydrogen (secondary N) is 3. The van der Waals surface area contributed by atoms with Gasteiger partial charge < -0.3 is 30.3 Å². The fourth-order valence-electron chi connectivity index (χ4n) is 4.49. The van der Waals surface area contributed by atoms with E-state index in [0.717, 1.165) is 26.7 Å². The number of esters is 1. The molecule has 0 spiro atoms. The van der Waals surface area contributed by atoms with E-state index in [-0.39, 0.29) is 18.2 Å². The second-order valence-electron chi connectivity index (χ2n) is 11.3. The summed E-state index contributed by atoms with van der Waals surface area (Å²) in [6.45, 7) is 9.40. The predicted molar refractivity (Wildman–Crippen MR) is 183 cm³/mol. The molecule has 0 aliphatic carbocycles. The molecule has 3 N–H and O–H groups in total. The van der Waals surface area contributed by atoms with Crippen molar-refractivity contribution in [3.63, 3.8) is 0 Å². The highest BCUT2D eigenvalue weighted by molar-refractivity contribution is 8.00. The normalized spacial score (nSPS) is 13.2. The van der Waals surface area contributed by atoms with Gasteiger partial charge in [-0.1, -0.05) is 6.07 Å². The lowest BCUT2D eigenvalue weighted by atomic mass is 10.0. The van der Waals surface area contributed by atoms with Gasteiger partial charge in [0.05, 0.1) is 24.5 Å². The van der Waals surface area contributed by atoms with Gasteiger partial charge in [0.1, 0.15) is 10.6 Å². The number of methoxy groups -OCH3 is 1. The van der Waals surface area contributed by atoms with Crippen LogP contribution < -0.4 is 16.0 Å². The number of rotatable bonds is 8. The van der Waals surface area contributed by atoms with Crippen LogP contribution in [-0.4, -0.2) is 58.3 Å². The third kappa shape index (κ3) is 9.05. The van der Waals surface area contributed by atoms with E-state index in [4.69, 9.17) is 21.7 Å². The summed E-state index contributed by atoms with van der Waals surface area (Å²) < 4.78 is 10.6. The fourth-order valence-corrected chi connectivity index (χ4v) is 6.91. The monoisotopic (exact) mass is 668 g/mol. The average Bonchev–Trinajstić information content (AvgIpc) is 3.33. The van der Waals surface area contributed by atoms with Crippen LogP contribution in [0.2, 0.25) is 0 Å². The van der Waals surface area contributed by atoms with E-state index < -0.39 is 22.9 Å². The first-order valence-electron chi connectivity index (χ1n) is 14.2. The molecule has 45 heavy (non-hydrogen) atoms. The second kappa shape index (κ2) is 14.4. The van der Waals surface area contributed by atoms with Crippen molar-refractivity contribution >= 4 is 80.6 Å². The maximum Gasteiger partial charge on any atom is 0.410 e. The van der Waals surface area contributed by atoms with Crippen molar-refractivity contribution in [1.82, 2.24) is 4.90 Å². The molecular formula is C32H36N4O6S3. The van der Waals surface area contributed by atoms with Crippen LogP contribution in [0.5, 0.6) is 0 Å². The summed E-state index contributed by atoms with van der Waals surface area (Å²) in [5, 5.41) is 9.43. The molecule has 1 unspecified atom stereocenters. The van der Waals surface area contributed by atoms with Crippen molar-refractivity contribution in [2.75, 3.05) is 29.6 Å². The van der Waals surface area contributed by atoms with Crippen LogP contribution >= 0.6 is 35.3 Å². The Morgan fingerprint density at radius 3 is 2.36 bits per heavy atom. The molecule has 0 saturated heterocycles. The van der Waals surface area contributed by atoms with Crippen LogP contribution in [0.15, 0.2) is 53.4 Å². The van der Waals surface area contributed by atoms with Crippen molar-refractivity contribution in [3.8, 4) is 0 Å². The quantitative estimate of drug-likeness (QED) is 0.100. The number of thioether (sulfide) groups is 1. The van der Waals surface area contributed by atoms with Gasteiger partial charge in [-0.3, -0.25) is 9.59 Å². The van der Waals surface area contributed by atoms with E-state index in [1.807, 2.05) is 45.0 Å². The second-order valence-corrected chi connectivity index (χ2v) is 14.3. The van der Waals surface area contributed by atoms with Crippen molar-refractivity contribution in [2.45, 2.75) is 63.3 Å². The van der Waals surface area contributed by atoms with Crippen molar-refractivity contribution in [1.29, 1.82) is 0 Å². The van der Waals surface area contributed by atoms with Crippen LogP contribution in [0, 0.1) is 0 Å². The van der Waals surface area contributed by atoms with Gasteiger partial charge in [-0.25, -0.2) is 9.59 Å². The molecule has 13 heteroatoms. The zero-order chi connectivity index (χ0) is 32.9. The molecule has 3 aromatic rings. The van der Waals surface area contributed by atoms with Crippen molar-refractivity contribution in [2.24, 2.45) is 0 Å². The summed E-state index contributed by atoms with van der Waals surface area (Å²) in [6, 6.07) is 14.5. The van der Waals surface area contributed by atoms with Gasteiger partial charge in [0.15, 0.2) is 10.9 Å². The summed E-state index contributed by atoms with van der Waals surface area (Å²) in [7, 11) is 1.30. The molecule has 1 atom stereocenters. The number of nitrogens with zero attached hydrogens (tertiary/aromatic N) is 1. The highest BCUT2D eigenvalue weighted by atomic mass is 32.2. The molecule has 238 valence electrons. The Kier molecular flexibility index (Phi) is 10.9. The molecule has 0 bridgehead atoms. The maximum absolute atomic E-state index is 13.3. The molecule has 0 radical (unpaired) electrons. The predicted octanol–water partition coefficient (Wildman–Crippen LogP) is 6.96. The molecule has 0 fully saturated rings. The van der Waals surface area contributed by atoms with E-state index in [2.05, 4.69) is 16.0 Å². The lowest BCUT2D eigenvalue weighted by Crippen LogP contribution is -2.39. The molecule has 2 heterocycles. The van der Waals surface area contributed by atoms with Gasteiger partial charge in [0.2, 0.25) is 5.91 Å². The fraction of sp³-hybridized carbons (Fsp3) is 0.344. The Morgan fingerprint density at radius 1 is 1.02 bits per heavy atom. The highest BCUT2D eigenvalue weighted by Crippen LogP contribution is 2.38. The number of hydrogen-bond donors (Lipinski definition) is 3. The lowest BCUT2D eigenvalue weighted by Gasteiger charge is -2.30. The number of carbonyl (C=O) groups excluding carboxylic acids is 4. The molecule has 4 rings (SSSR count). The molecule has 1 aliphatic rings. The van der Waals surface area contributed by atoms with Crippen LogP contribution in [0.25, 0.3) is 0 Å². The van der Waals surface area contributed by atoms with Crippen LogP contribution in [-0.2, 0) is 27.2 Å². The third-order valence-electron chi connectivity index (χ3n) is 6.66. The van der Waals surface area contributed by atoms with Crippen LogP contribution in [0.1, 0.15) is 65.8 Å². The average molecular weight is 669 g/mol. The number of hydrogen-bond acceptors (Lipinski definition) is 9. The zero-order valence-corrected chi connectivity index (χ0v) is 28.4. The van der Waals surface area contributed by atoms with Gasteiger partial charge in [-0.15, -0.1) is 23.1 Å². The number of ketones is 1. The number of fused-ring (bicyclic) bond motifs is 1. The van der Waals surface area contributed by atoms with E-state index in [0.29, 0.717) is 34.2 Å².